The van der Waals surface area contributed by atoms with Gasteiger partial charge >= 0.3 is 0 Å². The van der Waals surface area contributed by atoms with Crippen LogP contribution in [0.3, 0.4) is 0 Å². The van der Waals surface area contributed by atoms with Gasteiger partial charge in [-0.05, 0) is 51.6 Å². The minimum atomic E-state index is -0.582. The van der Waals surface area contributed by atoms with Crippen LogP contribution in [-0.4, -0.2) is 18.4 Å². The quantitative estimate of drug-likeness (QED) is 0.196. The second-order valence-corrected chi connectivity index (χ2v) is 12.7. The summed E-state index contributed by atoms with van der Waals surface area (Å²) in [5, 5.41) is 0. The first-order valence-corrected chi connectivity index (χ1v) is 14.5. The molecule has 0 spiro atoms. The van der Waals surface area contributed by atoms with Crippen molar-refractivity contribution in [3.63, 3.8) is 0 Å². The lowest BCUT2D eigenvalue weighted by Gasteiger charge is -2.33. The van der Waals surface area contributed by atoms with Crippen molar-refractivity contribution in [2.75, 3.05) is 6.61 Å². The van der Waals surface area contributed by atoms with Gasteiger partial charge in [0, 0.05) is 5.92 Å². The van der Waals surface area contributed by atoms with Crippen LogP contribution in [0.2, 0.25) is 0 Å². The van der Waals surface area contributed by atoms with Crippen molar-refractivity contribution < 1.29 is 14.3 Å². The number of ether oxygens (including phenoxy) is 1. The van der Waals surface area contributed by atoms with Gasteiger partial charge in [0.05, 0.1) is 5.92 Å². The summed E-state index contributed by atoms with van der Waals surface area (Å²) in [6.07, 6.45) is 1.04. The Kier molecular flexibility index (Phi) is 9.84. The summed E-state index contributed by atoms with van der Waals surface area (Å²) in [5.41, 5.74) is 9.56. The lowest BCUT2D eigenvalue weighted by atomic mass is 9.72. The predicted octanol–water partition coefficient (Wildman–Crippen LogP) is 7.54. The van der Waals surface area contributed by atoms with Crippen LogP contribution < -0.4 is 15.6 Å². The molecule has 42 heavy (non-hydrogen) atoms. The zero-order chi connectivity index (χ0) is 30.2. The second kappa shape index (κ2) is 13.5. The SMILES string of the molecule is CC(C)(C)CC(C)(C)c1ccc(OCC(=O)NNC(=O)C(c2ccccc2)C(c2ccccc2)c2ccccc2)cc1. The normalized spacial score (nSPS) is 12.4. The molecule has 0 aromatic heterocycles. The number of hydrogen-bond acceptors (Lipinski definition) is 3. The van der Waals surface area contributed by atoms with E-state index in [9.17, 15) is 9.59 Å². The highest BCUT2D eigenvalue weighted by Crippen LogP contribution is 2.39. The van der Waals surface area contributed by atoms with Gasteiger partial charge in [-0.3, -0.25) is 20.4 Å². The van der Waals surface area contributed by atoms with Gasteiger partial charge in [0.1, 0.15) is 5.75 Å². The van der Waals surface area contributed by atoms with Crippen molar-refractivity contribution in [2.45, 2.75) is 58.3 Å². The van der Waals surface area contributed by atoms with Gasteiger partial charge in [-0.2, -0.15) is 0 Å². The Morgan fingerprint density at radius 1 is 0.643 bits per heavy atom. The summed E-state index contributed by atoms with van der Waals surface area (Å²) >= 11 is 0. The van der Waals surface area contributed by atoms with Crippen molar-refractivity contribution in [2.24, 2.45) is 5.41 Å². The molecule has 2 N–H and O–H groups in total. The van der Waals surface area contributed by atoms with Crippen LogP contribution in [-0.2, 0) is 15.0 Å². The molecule has 0 heterocycles. The molecule has 0 saturated carbocycles. The number of carbonyl (C=O) groups is 2. The Labute approximate surface area is 250 Å². The highest BCUT2D eigenvalue weighted by Gasteiger charge is 2.33. The molecular weight excluding hydrogens is 520 g/mol. The summed E-state index contributed by atoms with van der Waals surface area (Å²) in [7, 11) is 0. The smallest absolute Gasteiger partial charge is 0.276 e. The van der Waals surface area contributed by atoms with E-state index < -0.39 is 11.8 Å². The molecule has 0 radical (unpaired) electrons. The highest BCUT2D eigenvalue weighted by molar-refractivity contribution is 5.88. The highest BCUT2D eigenvalue weighted by atomic mass is 16.5. The second-order valence-electron chi connectivity index (χ2n) is 12.7. The van der Waals surface area contributed by atoms with E-state index in [2.05, 4.69) is 57.6 Å². The lowest BCUT2D eigenvalue weighted by Crippen LogP contribution is -2.46. The number of hydrazine groups is 1. The van der Waals surface area contributed by atoms with Crippen LogP contribution in [0.15, 0.2) is 115 Å². The first kappa shape index (κ1) is 30.6. The van der Waals surface area contributed by atoms with Crippen molar-refractivity contribution >= 4 is 11.8 Å². The number of carbonyl (C=O) groups excluding carboxylic acids is 2. The minimum absolute atomic E-state index is 0.0189. The molecule has 4 aromatic carbocycles. The van der Waals surface area contributed by atoms with E-state index in [-0.39, 0.29) is 29.3 Å². The molecular formula is C37H42N2O3. The third kappa shape index (κ3) is 8.32. The fourth-order valence-corrected chi connectivity index (χ4v) is 5.88. The van der Waals surface area contributed by atoms with E-state index in [1.807, 2.05) is 103 Å². The van der Waals surface area contributed by atoms with Gasteiger partial charge < -0.3 is 4.74 Å². The van der Waals surface area contributed by atoms with Crippen LogP contribution in [0.5, 0.6) is 5.75 Å². The largest absolute Gasteiger partial charge is 0.484 e. The zero-order valence-corrected chi connectivity index (χ0v) is 25.3. The van der Waals surface area contributed by atoms with E-state index in [1.165, 1.54) is 5.56 Å². The van der Waals surface area contributed by atoms with Crippen molar-refractivity contribution in [3.05, 3.63) is 138 Å². The van der Waals surface area contributed by atoms with E-state index in [0.717, 1.165) is 23.1 Å². The van der Waals surface area contributed by atoms with Gasteiger partial charge in [0.25, 0.3) is 5.91 Å². The molecule has 0 bridgehead atoms. The minimum Gasteiger partial charge on any atom is -0.484 e. The molecule has 2 amide bonds. The zero-order valence-electron chi connectivity index (χ0n) is 25.3. The maximum absolute atomic E-state index is 13.8. The third-order valence-electron chi connectivity index (χ3n) is 7.39. The van der Waals surface area contributed by atoms with Gasteiger partial charge in [-0.1, -0.05) is 138 Å². The topological polar surface area (TPSA) is 67.4 Å². The first-order valence-electron chi connectivity index (χ1n) is 14.5. The Morgan fingerprint density at radius 2 is 1.12 bits per heavy atom. The molecule has 0 aliphatic rings. The van der Waals surface area contributed by atoms with E-state index in [0.29, 0.717) is 5.75 Å². The summed E-state index contributed by atoms with van der Waals surface area (Å²) in [4.78, 5) is 26.5. The van der Waals surface area contributed by atoms with Crippen LogP contribution in [0.1, 0.15) is 75.1 Å². The lowest BCUT2D eigenvalue weighted by molar-refractivity contribution is -0.130. The molecule has 5 nitrogen and oxygen atoms in total. The van der Waals surface area contributed by atoms with Crippen LogP contribution in [0.25, 0.3) is 0 Å². The maximum atomic E-state index is 13.8. The molecule has 0 aliphatic carbocycles. The monoisotopic (exact) mass is 562 g/mol. The number of rotatable bonds is 10. The molecule has 4 rings (SSSR count). The van der Waals surface area contributed by atoms with Gasteiger partial charge in [0.15, 0.2) is 6.61 Å². The first-order chi connectivity index (χ1) is 20.0. The number of nitrogens with one attached hydrogen (secondary N) is 2. The Balaban J connectivity index is 1.44. The number of amides is 2. The fraction of sp³-hybridized carbons (Fsp3) is 0.297. The van der Waals surface area contributed by atoms with Crippen molar-refractivity contribution in [1.29, 1.82) is 0 Å². The maximum Gasteiger partial charge on any atom is 0.276 e. The third-order valence-corrected chi connectivity index (χ3v) is 7.39. The summed E-state index contributed by atoms with van der Waals surface area (Å²) < 4.78 is 5.74. The van der Waals surface area contributed by atoms with Gasteiger partial charge in [-0.25, -0.2) is 0 Å². The molecule has 4 aromatic rings. The number of benzene rings is 4. The molecule has 1 atom stereocenters. The van der Waals surface area contributed by atoms with E-state index in [4.69, 9.17) is 4.74 Å². The Morgan fingerprint density at radius 3 is 1.60 bits per heavy atom. The van der Waals surface area contributed by atoms with Gasteiger partial charge in [0.2, 0.25) is 5.91 Å². The van der Waals surface area contributed by atoms with Crippen LogP contribution >= 0.6 is 0 Å². The van der Waals surface area contributed by atoms with Gasteiger partial charge in [-0.15, -0.1) is 0 Å². The number of hydrogen-bond donors (Lipinski definition) is 2. The fourth-order valence-electron chi connectivity index (χ4n) is 5.88. The molecule has 0 fully saturated rings. The van der Waals surface area contributed by atoms with Crippen molar-refractivity contribution in [1.82, 2.24) is 10.9 Å². The predicted molar refractivity (Wildman–Crippen MR) is 169 cm³/mol. The van der Waals surface area contributed by atoms with Crippen LogP contribution in [0, 0.1) is 5.41 Å². The summed E-state index contributed by atoms with van der Waals surface area (Å²) in [6, 6.07) is 37.5. The molecule has 218 valence electrons. The average Bonchev–Trinajstić information content (AvgIpc) is 2.98. The van der Waals surface area contributed by atoms with E-state index in [1.54, 1.807) is 0 Å². The molecule has 0 aliphatic heterocycles. The van der Waals surface area contributed by atoms with Crippen LogP contribution in [0.4, 0.5) is 0 Å². The average molecular weight is 563 g/mol. The standard InChI is InChI=1S/C37H42N2O3/c1-36(2,3)26-37(4,5)30-21-23-31(24-22-30)42-25-32(40)38-39-35(41)34(29-19-13-8-14-20-29)33(27-15-9-6-10-16-27)28-17-11-7-12-18-28/h6-24,33-34H,25-26H2,1-5H3,(H,38,40)(H,39,41). The molecule has 0 saturated heterocycles. The summed E-state index contributed by atoms with van der Waals surface area (Å²) in [6.45, 7) is 11.0. The molecule has 1 unspecified atom stereocenters. The molecule has 5 heteroatoms. The van der Waals surface area contributed by atoms with E-state index >= 15 is 0 Å². The Bertz CT molecular complexity index is 1390. The Hall–Kier alpha value is -4.38. The van der Waals surface area contributed by atoms with Crippen molar-refractivity contribution in [3.8, 4) is 5.75 Å². The summed E-state index contributed by atoms with van der Waals surface area (Å²) in [5.74, 6) is -0.992.